The Balaban J connectivity index is 3.09. The fraction of sp³-hybridized carbons (Fsp3) is 0.471. The van der Waals surface area contributed by atoms with Gasteiger partial charge in [0.2, 0.25) is 5.91 Å². The molecule has 0 fully saturated rings. The zero-order valence-corrected chi connectivity index (χ0v) is 13.5. The molecular weight excluding hydrogens is 310 g/mol. The normalized spacial score (nSPS) is 12.1. The molecule has 1 amide bonds. The van der Waals surface area contributed by atoms with E-state index >= 15 is 0 Å². The Morgan fingerprint density at radius 2 is 1.91 bits per heavy atom. The highest BCUT2D eigenvalue weighted by Crippen LogP contribution is 2.39. The SMILES string of the molecule is C=CC(=O)N(Cc1cccc(F)c1F)CC(C)(C)C(F)(F)CC. The first-order valence-electron chi connectivity index (χ1n) is 7.27. The van der Waals surface area contributed by atoms with Crippen LogP contribution in [0.1, 0.15) is 32.8 Å². The first-order valence-corrected chi connectivity index (χ1v) is 7.27. The average Bonchev–Trinajstić information content (AvgIpc) is 2.49. The standard InChI is InChI=1S/C17H21F4NO/c1-5-14(23)22(11-16(3,4)17(20,21)6-2)10-12-8-7-9-13(18)15(12)19/h5,7-9H,1,6,10-11H2,2-4H3. The Bertz CT molecular complexity index is 584. The highest BCUT2D eigenvalue weighted by molar-refractivity contribution is 5.87. The molecule has 0 unspecified atom stereocenters. The first kappa shape index (κ1) is 19.2. The van der Waals surface area contributed by atoms with Gasteiger partial charge in [0.1, 0.15) is 0 Å². The van der Waals surface area contributed by atoms with Gasteiger partial charge in [-0.05, 0) is 12.1 Å². The van der Waals surface area contributed by atoms with Crippen molar-refractivity contribution in [3.8, 4) is 0 Å². The molecule has 0 bridgehead atoms. The first-order chi connectivity index (χ1) is 10.6. The Labute approximate surface area is 133 Å². The second kappa shape index (κ2) is 7.15. The van der Waals surface area contributed by atoms with Gasteiger partial charge in [-0.2, -0.15) is 0 Å². The second-order valence-electron chi connectivity index (χ2n) is 6.05. The van der Waals surface area contributed by atoms with Crippen molar-refractivity contribution >= 4 is 5.91 Å². The van der Waals surface area contributed by atoms with Crippen LogP contribution in [-0.4, -0.2) is 23.3 Å². The number of carbonyl (C=O) groups excluding carboxylic acids is 1. The molecule has 0 heterocycles. The smallest absolute Gasteiger partial charge is 0.254 e. The number of halogens is 4. The zero-order chi connectivity index (χ0) is 17.8. The van der Waals surface area contributed by atoms with Gasteiger partial charge in [-0.15, -0.1) is 0 Å². The minimum absolute atomic E-state index is 0.0733. The van der Waals surface area contributed by atoms with Crippen LogP contribution in [0.5, 0.6) is 0 Å². The van der Waals surface area contributed by atoms with Crippen molar-refractivity contribution in [1.82, 2.24) is 4.90 Å². The Hall–Kier alpha value is -1.85. The average molecular weight is 331 g/mol. The molecule has 0 N–H and O–H groups in total. The summed E-state index contributed by atoms with van der Waals surface area (Å²) < 4.78 is 55.1. The van der Waals surface area contributed by atoms with Gasteiger partial charge in [-0.1, -0.05) is 39.5 Å². The molecule has 0 aliphatic carbocycles. The van der Waals surface area contributed by atoms with Gasteiger partial charge in [-0.3, -0.25) is 4.79 Å². The summed E-state index contributed by atoms with van der Waals surface area (Å²) in [7, 11) is 0. The highest BCUT2D eigenvalue weighted by Gasteiger charge is 2.46. The van der Waals surface area contributed by atoms with E-state index < -0.39 is 28.9 Å². The summed E-state index contributed by atoms with van der Waals surface area (Å²) in [6.45, 7) is 6.74. The molecule has 6 heteroatoms. The summed E-state index contributed by atoms with van der Waals surface area (Å²) in [4.78, 5) is 13.0. The maximum Gasteiger partial charge on any atom is 0.254 e. The number of hydrogen-bond acceptors (Lipinski definition) is 1. The van der Waals surface area contributed by atoms with Crippen LogP contribution in [0.25, 0.3) is 0 Å². The van der Waals surface area contributed by atoms with Crippen LogP contribution in [0.4, 0.5) is 17.6 Å². The molecule has 1 aromatic rings. The van der Waals surface area contributed by atoms with Crippen LogP contribution in [0, 0.1) is 17.0 Å². The monoisotopic (exact) mass is 331 g/mol. The molecule has 0 radical (unpaired) electrons. The number of hydrogen-bond donors (Lipinski definition) is 0. The van der Waals surface area contributed by atoms with Crippen molar-refractivity contribution in [3.63, 3.8) is 0 Å². The van der Waals surface area contributed by atoms with Crippen molar-refractivity contribution < 1.29 is 22.4 Å². The van der Waals surface area contributed by atoms with E-state index in [1.165, 1.54) is 32.9 Å². The summed E-state index contributed by atoms with van der Waals surface area (Å²) in [6, 6.07) is 3.57. The lowest BCUT2D eigenvalue weighted by molar-refractivity contribution is -0.140. The fourth-order valence-electron chi connectivity index (χ4n) is 2.29. The predicted octanol–water partition coefficient (Wildman–Crippen LogP) is 4.55. The van der Waals surface area contributed by atoms with E-state index in [9.17, 15) is 22.4 Å². The van der Waals surface area contributed by atoms with Gasteiger partial charge in [-0.25, -0.2) is 17.6 Å². The lowest BCUT2D eigenvalue weighted by Crippen LogP contribution is -2.46. The largest absolute Gasteiger partial charge is 0.334 e. The Kier molecular flexibility index (Phi) is 5.97. The second-order valence-corrected chi connectivity index (χ2v) is 6.05. The number of rotatable bonds is 7. The summed E-state index contributed by atoms with van der Waals surface area (Å²) in [5.74, 6) is -5.76. The Morgan fingerprint density at radius 3 is 2.43 bits per heavy atom. The third-order valence-electron chi connectivity index (χ3n) is 3.90. The summed E-state index contributed by atoms with van der Waals surface area (Å²) in [5.41, 5.74) is -1.60. The van der Waals surface area contributed by atoms with Crippen molar-refractivity contribution in [2.45, 2.75) is 39.7 Å². The molecule has 0 spiro atoms. The molecule has 1 aromatic carbocycles. The van der Waals surface area contributed by atoms with Crippen LogP contribution < -0.4 is 0 Å². The molecule has 0 aromatic heterocycles. The van der Waals surface area contributed by atoms with Crippen LogP contribution in [0.3, 0.4) is 0 Å². The lowest BCUT2D eigenvalue weighted by atomic mass is 9.83. The topological polar surface area (TPSA) is 20.3 Å². The molecule has 0 aliphatic rings. The molecule has 2 nitrogen and oxygen atoms in total. The van der Waals surface area contributed by atoms with Crippen LogP contribution >= 0.6 is 0 Å². The summed E-state index contributed by atoms with van der Waals surface area (Å²) in [5, 5.41) is 0. The van der Waals surface area contributed by atoms with Gasteiger partial charge < -0.3 is 4.90 Å². The quantitative estimate of drug-likeness (QED) is 0.530. The molecular formula is C17H21F4NO. The minimum atomic E-state index is -3.01. The van der Waals surface area contributed by atoms with Gasteiger partial charge in [0.25, 0.3) is 5.92 Å². The number of amides is 1. The Morgan fingerprint density at radius 1 is 1.30 bits per heavy atom. The maximum atomic E-state index is 14.0. The van der Waals surface area contributed by atoms with E-state index in [1.807, 2.05) is 0 Å². The van der Waals surface area contributed by atoms with Gasteiger partial charge in [0.05, 0.1) is 0 Å². The molecule has 0 saturated heterocycles. The molecule has 23 heavy (non-hydrogen) atoms. The van der Waals surface area contributed by atoms with Crippen LogP contribution in [-0.2, 0) is 11.3 Å². The van der Waals surface area contributed by atoms with Crippen molar-refractivity contribution in [2.24, 2.45) is 5.41 Å². The zero-order valence-electron chi connectivity index (χ0n) is 13.5. The van der Waals surface area contributed by atoms with Crippen molar-refractivity contribution in [1.29, 1.82) is 0 Å². The highest BCUT2D eigenvalue weighted by atomic mass is 19.3. The fourth-order valence-corrected chi connectivity index (χ4v) is 2.29. The van der Waals surface area contributed by atoms with Crippen LogP contribution in [0.2, 0.25) is 0 Å². The predicted molar refractivity (Wildman–Crippen MR) is 81.0 cm³/mol. The molecule has 0 saturated carbocycles. The van der Waals surface area contributed by atoms with Gasteiger partial charge in [0.15, 0.2) is 11.6 Å². The van der Waals surface area contributed by atoms with Gasteiger partial charge in [0, 0.05) is 30.5 Å². The summed E-state index contributed by atoms with van der Waals surface area (Å²) >= 11 is 0. The number of carbonyl (C=O) groups is 1. The minimum Gasteiger partial charge on any atom is -0.334 e. The third-order valence-corrected chi connectivity index (χ3v) is 3.90. The van der Waals surface area contributed by atoms with E-state index in [0.717, 1.165) is 17.0 Å². The van der Waals surface area contributed by atoms with Crippen molar-refractivity contribution in [3.05, 3.63) is 48.1 Å². The number of benzene rings is 1. The molecule has 0 aliphatic heterocycles. The van der Waals surface area contributed by atoms with E-state index in [-0.39, 0.29) is 25.1 Å². The molecule has 1 rings (SSSR count). The van der Waals surface area contributed by atoms with Crippen LogP contribution in [0.15, 0.2) is 30.9 Å². The van der Waals surface area contributed by atoms with Gasteiger partial charge >= 0.3 is 0 Å². The lowest BCUT2D eigenvalue weighted by Gasteiger charge is -2.37. The number of alkyl halides is 2. The molecule has 128 valence electrons. The summed E-state index contributed by atoms with van der Waals surface area (Å²) in [6.07, 6.45) is 0.585. The molecule has 0 atom stereocenters. The van der Waals surface area contributed by atoms with Crippen molar-refractivity contribution in [2.75, 3.05) is 6.54 Å². The maximum absolute atomic E-state index is 14.0. The van der Waals surface area contributed by atoms with E-state index in [4.69, 9.17) is 0 Å². The van der Waals surface area contributed by atoms with E-state index in [1.54, 1.807) is 0 Å². The van der Waals surface area contributed by atoms with E-state index in [2.05, 4.69) is 6.58 Å². The number of nitrogens with zero attached hydrogens (tertiary/aromatic N) is 1. The van der Waals surface area contributed by atoms with E-state index in [0.29, 0.717) is 0 Å². The third kappa shape index (κ3) is 4.33.